The first-order valence-electron chi connectivity index (χ1n) is 12.2. The average molecular weight is 620 g/mol. The first kappa shape index (κ1) is 26.0. The van der Waals surface area contributed by atoms with Gasteiger partial charge in [0.25, 0.3) is 10.0 Å². The molecular weight excluding hydrogens is 600 g/mol. The molecule has 6 rings (SSSR count). The van der Waals surface area contributed by atoms with Crippen LogP contribution in [-0.2, 0) is 16.6 Å². The highest BCUT2D eigenvalue weighted by Crippen LogP contribution is 2.37. The molecule has 0 amide bonds. The van der Waals surface area contributed by atoms with Gasteiger partial charge in [-0.3, -0.25) is 14.6 Å². The Bertz CT molecular complexity index is 1970. The maximum Gasteiger partial charge on any atom is 0.268 e. The maximum absolute atomic E-state index is 15.0. The van der Waals surface area contributed by atoms with Crippen LogP contribution in [0.4, 0.5) is 8.78 Å². The molecule has 40 heavy (non-hydrogen) atoms. The predicted molar refractivity (Wildman–Crippen MR) is 152 cm³/mol. The van der Waals surface area contributed by atoms with E-state index in [1.807, 2.05) is 13.0 Å². The summed E-state index contributed by atoms with van der Waals surface area (Å²) in [5, 5.41) is 5.13. The molecule has 0 radical (unpaired) electrons. The van der Waals surface area contributed by atoms with E-state index in [4.69, 9.17) is 0 Å². The number of aryl methyl sites for hydroxylation is 1. The fraction of sp³-hybridized carbons (Fsp3) is 0.0690. The number of benzene rings is 3. The molecule has 0 fully saturated rings. The highest BCUT2D eigenvalue weighted by Gasteiger charge is 2.27. The molecule has 0 aliphatic rings. The normalized spacial score (nSPS) is 11.8. The molecule has 0 saturated carbocycles. The van der Waals surface area contributed by atoms with Crippen LogP contribution in [0, 0.1) is 11.6 Å². The lowest BCUT2D eigenvalue weighted by Gasteiger charge is -2.13. The van der Waals surface area contributed by atoms with Crippen molar-refractivity contribution in [3.63, 3.8) is 0 Å². The second kappa shape index (κ2) is 10.1. The standard InChI is InChI=1S/C29H20BrF2N5O2S/c1-2-36-27(16-24(35-36)25-17-33-12-13-34-25)18-6-11-26-19(14-18)15-28(29-22(31)4-3-5-23(29)32)37(26)40(38,39)21-9-7-20(30)8-10-21/h3-17H,2H2,1H3. The Morgan fingerprint density at radius 1 is 0.875 bits per heavy atom. The zero-order valence-corrected chi connectivity index (χ0v) is 23.4. The SMILES string of the molecule is CCn1nc(-c2cnccn2)cc1-c1ccc2c(c1)cc(-c1c(F)cccc1F)n2S(=O)(=O)c1ccc(Br)cc1. The van der Waals surface area contributed by atoms with Gasteiger partial charge in [-0.2, -0.15) is 5.10 Å². The van der Waals surface area contributed by atoms with Crippen molar-refractivity contribution in [3.8, 4) is 33.9 Å². The summed E-state index contributed by atoms with van der Waals surface area (Å²) >= 11 is 3.31. The van der Waals surface area contributed by atoms with Crippen molar-refractivity contribution in [2.24, 2.45) is 0 Å². The summed E-state index contributed by atoms with van der Waals surface area (Å²) in [7, 11) is -4.24. The van der Waals surface area contributed by atoms with Crippen LogP contribution in [0.1, 0.15) is 6.92 Å². The molecule has 0 bridgehead atoms. The predicted octanol–water partition coefficient (Wildman–Crippen LogP) is 6.93. The minimum absolute atomic E-state index is 0.0204. The number of nitrogens with zero attached hydrogens (tertiary/aromatic N) is 5. The molecule has 0 aliphatic heterocycles. The zero-order chi connectivity index (χ0) is 28.0. The van der Waals surface area contributed by atoms with Gasteiger partial charge in [-0.15, -0.1) is 0 Å². The fourth-order valence-corrected chi connectivity index (χ4v) is 6.47. The highest BCUT2D eigenvalue weighted by molar-refractivity contribution is 9.10. The molecule has 3 aromatic carbocycles. The Kier molecular flexibility index (Phi) is 6.55. The van der Waals surface area contributed by atoms with Gasteiger partial charge in [-0.25, -0.2) is 21.2 Å². The van der Waals surface area contributed by atoms with Gasteiger partial charge in [0.15, 0.2) is 0 Å². The quantitative estimate of drug-likeness (QED) is 0.202. The van der Waals surface area contributed by atoms with Crippen LogP contribution < -0.4 is 0 Å². The molecule has 0 spiro atoms. The van der Waals surface area contributed by atoms with E-state index in [0.717, 1.165) is 27.4 Å². The second-order valence-corrected chi connectivity index (χ2v) is 11.6. The third-order valence-electron chi connectivity index (χ3n) is 6.53. The minimum atomic E-state index is -4.24. The van der Waals surface area contributed by atoms with Crippen LogP contribution in [0.3, 0.4) is 0 Å². The zero-order valence-electron chi connectivity index (χ0n) is 21.0. The molecule has 0 unspecified atom stereocenters. The summed E-state index contributed by atoms with van der Waals surface area (Å²) in [6.07, 6.45) is 4.79. The van der Waals surface area contributed by atoms with Gasteiger partial charge in [0.1, 0.15) is 23.0 Å². The molecular formula is C29H20BrF2N5O2S. The van der Waals surface area contributed by atoms with Crippen LogP contribution in [0.2, 0.25) is 0 Å². The van der Waals surface area contributed by atoms with Crippen LogP contribution in [0.5, 0.6) is 0 Å². The van der Waals surface area contributed by atoms with E-state index in [1.165, 1.54) is 24.3 Å². The molecule has 0 atom stereocenters. The Balaban J connectivity index is 1.59. The number of aromatic nitrogens is 5. The smallest absolute Gasteiger partial charge is 0.264 e. The molecule has 11 heteroatoms. The lowest BCUT2D eigenvalue weighted by Crippen LogP contribution is -2.14. The van der Waals surface area contributed by atoms with Crippen LogP contribution in [0.25, 0.3) is 44.8 Å². The first-order chi connectivity index (χ1) is 19.3. The van der Waals surface area contributed by atoms with Gasteiger partial charge in [0.05, 0.1) is 33.6 Å². The topological polar surface area (TPSA) is 82.7 Å². The lowest BCUT2D eigenvalue weighted by atomic mass is 10.1. The molecule has 6 aromatic rings. The summed E-state index contributed by atoms with van der Waals surface area (Å²) in [6, 6.07) is 18.1. The third kappa shape index (κ3) is 4.40. The summed E-state index contributed by atoms with van der Waals surface area (Å²) in [5.74, 6) is -1.74. The van der Waals surface area contributed by atoms with E-state index in [-0.39, 0.29) is 16.1 Å². The number of hydrogen-bond acceptors (Lipinski definition) is 5. The van der Waals surface area contributed by atoms with E-state index in [2.05, 4.69) is 31.0 Å². The number of rotatable bonds is 6. The van der Waals surface area contributed by atoms with E-state index in [9.17, 15) is 8.42 Å². The monoisotopic (exact) mass is 619 g/mol. The Morgan fingerprint density at radius 2 is 1.62 bits per heavy atom. The van der Waals surface area contributed by atoms with Gasteiger partial charge in [-0.05, 0) is 67.6 Å². The fourth-order valence-electron chi connectivity index (χ4n) is 4.68. The average Bonchev–Trinajstić information content (AvgIpc) is 3.55. The highest BCUT2D eigenvalue weighted by atomic mass is 79.9. The molecule has 200 valence electrons. The van der Waals surface area contributed by atoms with Gasteiger partial charge in [0.2, 0.25) is 0 Å². The van der Waals surface area contributed by atoms with E-state index < -0.39 is 27.2 Å². The molecule has 0 aliphatic carbocycles. The van der Waals surface area contributed by atoms with E-state index in [0.29, 0.717) is 27.8 Å². The van der Waals surface area contributed by atoms with Gasteiger partial charge in [-0.1, -0.05) is 28.1 Å². The third-order valence-corrected chi connectivity index (χ3v) is 8.80. The van der Waals surface area contributed by atoms with Gasteiger partial charge in [0, 0.05) is 34.4 Å². The molecule has 3 heterocycles. The van der Waals surface area contributed by atoms with E-state index >= 15 is 8.78 Å². The second-order valence-electron chi connectivity index (χ2n) is 8.94. The van der Waals surface area contributed by atoms with Crippen molar-refractivity contribution in [1.29, 1.82) is 0 Å². The minimum Gasteiger partial charge on any atom is -0.264 e. The van der Waals surface area contributed by atoms with Crippen molar-refractivity contribution in [2.75, 3.05) is 0 Å². The van der Waals surface area contributed by atoms with Crippen LogP contribution in [-0.4, -0.2) is 32.1 Å². The summed E-state index contributed by atoms with van der Waals surface area (Å²) in [5.41, 5.74) is 2.50. The molecule has 0 saturated heterocycles. The summed E-state index contributed by atoms with van der Waals surface area (Å²) in [6.45, 7) is 2.52. The molecule has 7 nitrogen and oxygen atoms in total. The van der Waals surface area contributed by atoms with Crippen molar-refractivity contribution < 1.29 is 17.2 Å². The Labute approximate surface area is 236 Å². The number of fused-ring (bicyclic) bond motifs is 1. The number of hydrogen-bond donors (Lipinski definition) is 0. The largest absolute Gasteiger partial charge is 0.268 e. The van der Waals surface area contributed by atoms with Crippen LogP contribution in [0.15, 0.2) is 101 Å². The number of halogens is 3. The van der Waals surface area contributed by atoms with Crippen LogP contribution >= 0.6 is 15.9 Å². The van der Waals surface area contributed by atoms with E-state index in [1.54, 1.807) is 53.6 Å². The molecule has 0 N–H and O–H groups in total. The maximum atomic E-state index is 15.0. The lowest BCUT2D eigenvalue weighted by molar-refractivity contribution is 0.583. The van der Waals surface area contributed by atoms with Gasteiger partial charge < -0.3 is 0 Å². The van der Waals surface area contributed by atoms with Crippen molar-refractivity contribution >= 4 is 36.9 Å². The van der Waals surface area contributed by atoms with Crippen molar-refractivity contribution in [2.45, 2.75) is 18.4 Å². The Hall–Kier alpha value is -4.22. The summed E-state index contributed by atoms with van der Waals surface area (Å²) in [4.78, 5) is 8.42. The van der Waals surface area contributed by atoms with Crippen molar-refractivity contribution in [1.82, 2.24) is 23.7 Å². The molecule has 3 aromatic heterocycles. The Morgan fingerprint density at radius 3 is 2.30 bits per heavy atom. The van der Waals surface area contributed by atoms with Gasteiger partial charge >= 0.3 is 0 Å². The first-order valence-corrected chi connectivity index (χ1v) is 14.5. The van der Waals surface area contributed by atoms with Crippen molar-refractivity contribution in [3.05, 3.63) is 107 Å². The summed E-state index contributed by atoms with van der Waals surface area (Å²) < 4.78 is 61.4.